The number of anilines is 2. The van der Waals surface area contributed by atoms with Crippen LogP contribution in [0.1, 0.15) is 6.92 Å². The van der Waals surface area contributed by atoms with Crippen LogP contribution in [0.2, 0.25) is 0 Å². The average Bonchev–Trinajstić information content (AvgIpc) is 2.38. The van der Waals surface area contributed by atoms with Crippen LogP contribution in [0.25, 0.3) is 0 Å². The molecule has 3 amide bonds. The summed E-state index contributed by atoms with van der Waals surface area (Å²) in [5, 5.41) is 5.32. The van der Waals surface area contributed by atoms with Crippen molar-refractivity contribution in [1.82, 2.24) is 5.32 Å². The number of alkyl halides is 1. The van der Waals surface area contributed by atoms with Gasteiger partial charge in [-0.3, -0.25) is 9.69 Å². The van der Waals surface area contributed by atoms with Crippen molar-refractivity contribution >= 4 is 34.9 Å². The van der Waals surface area contributed by atoms with E-state index in [-0.39, 0.29) is 17.8 Å². The van der Waals surface area contributed by atoms with Crippen molar-refractivity contribution in [3.63, 3.8) is 0 Å². The summed E-state index contributed by atoms with van der Waals surface area (Å²) in [6.45, 7) is 2.41. The molecular weight excluding hydrogens is 254 g/mol. The van der Waals surface area contributed by atoms with Crippen molar-refractivity contribution in [2.45, 2.75) is 6.92 Å². The van der Waals surface area contributed by atoms with E-state index in [9.17, 15) is 9.59 Å². The van der Waals surface area contributed by atoms with E-state index in [1.807, 2.05) is 6.92 Å². The number of carbonyl (C=O) groups excluding carboxylic acids is 2. The second kappa shape index (κ2) is 6.86. The number of nitrogens with zero attached hydrogens (tertiary/aromatic N) is 1. The number of amides is 3. The SMILES string of the molecule is CCNC(=O)N(C)c1cccc(NC(=O)CCl)c1. The first-order chi connectivity index (χ1) is 8.58. The lowest BCUT2D eigenvalue weighted by Crippen LogP contribution is -2.37. The smallest absolute Gasteiger partial charge is 0.321 e. The topological polar surface area (TPSA) is 61.4 Å². The lowest BCUT2D eigenvalue weighted by Gasteiger charge is -2.18. The van der Waals surface area contributed by atoms with Crippen LogP contribution in [0.5, 0.6) is 0 Å². The molecule has 0 atom stereocenters. The highest BCUT2D eigenvalue weighted by Crippen LogP contribution is 2.18. The maximum atomic E-state index is 11.6. The highest BCUT2D eigenvalue weighted by atomic mass is 35.5. The fraction of sp³-hybridized carbons (Fsp3) is 0.333. The van der Waals surface area contributed by atoms with Crippen LogP contribution in [0.4, 0.5) is 16.2 Å². The van der Waals surface area contributed by atoms with Gasteiger partial charge in [-0.25, -0.2) is 4.79 Å². The molecule has 1 rings (SSSR count). The normalized spacial score (nSPS) is 9.72. The van der Waals surface area contributed by atoms with Gasteiger partial charge < -0.3 is 10.6 Å². The Hall–Kier alpha value is -1.75. The lowest BCUT2D eigenvalue weighted by molar-refractivity contribution is -0.113. The van der Waals surface area contributed by atoms with E-state index in [4.69, 9.17) is 11.6 Å². The number of benzene rings is 1. The fourth-order valence-corrected chi connectivity index (χ4v) is 1.44. The van der Waals surface area contributed by atoms with Gasteiger partial charge in [0, 0.05) is 25.0 Å². The number of hydrogen-bond acceptors (Lipinski definition) is 2. The third kappa shape index (κ3) is 3.92. The molecule has 0 aliphatic heterocycles. The monoisotopic (exact) mass is 269 g/mol. The molecule has 0 heterocycles. The first kappa shape index (κ1) is 14.3. The molecule has 5 nitrogen and oxygen atoms in total. The summed E-state index contributed by atoms with van der Waals surface area (Å²) in [6, 6.07) is 6.79. The molecule has 0 aliphatic rings. The van der Waals surface area contributed by atoms with Crippen LogP contribution in [0, 0.1) is 0 Å². The molecule has 0 aromatic heterocycles. The van der Waals surface area contributed by atoms with Crippen LogP contribution in [-0.2, 0) is 4.79 Å². The van der Waals surface area contributed by atoms with E-state index in [0.29, 0.717) is 17.9 Å². The molecule has 0 radical (unpaired) electrons. The van der Waals surface area contributed by atoms with E-state index in [1.165, 1.54) is 4.90 Å². The van der Waals surface area contributed by atoms with Crippen molar-refractivity contribution < 1.29 is 9.59 Å². The Kier molecular flexibility index (Phi) is 5.45. The van der Waals surface area contributed by atoms with Gasteiger partial charge in [-0.05, 0) is 25.1 Å². The van der Waals surface area contributed by atoms with Gasteiger partial charge in [-0.15, -0.1) is 11.6 Å². The van der Waals surface area contributed by atoms with Gasteiger partial charge in [0.15, 0.2) is 0 Å². The van der Waals surface area contributed by atoms with Crippen LogP contribution in [-0.4, -0.2) is 31.4 Å². The molecule has 0 fully saturated rings. The Bertz CT molecular complexity index is 437. The predicted octanol–water partition coefficient (Wildman–Crippen LogP) is 2.03. The highest BCUT2D eigenvalue weighted by molar-refractivity contribution is 6.29. The molecule has 2 N–H and O–H groups in total. The maximum Gasteiger partial charge on any atom is 0.321 e. The molecule has 6 heteroatoms. The minimum absolute atomic E-state index is 0.101. The highest BCUT2D eigenvalue weighted by Gasteiger charge is 2.10. The zero-order chi connectivity index (χ0) is 13.5. The quantitative estimate of drug-likeness (QED) is 0.822. The van der Waals surface area contributed by atoms with Gasteiger partial charge >= 0.3 is 6.03 Å². The molecule has 0 spiro atoms. The Morgan fingerprint density at radius 3 is 2.72 bits per heavy atom. The van der Waals surface area contributed by atoms with E-state index >= 15 is 0 Å². The number of carbonyl (C=O) groups is 2. The molecular formula is C12H16ClN3O2. The molecule has 1 aromatic rings. The van der Waals surface area contributed by atoms with E-state index < -0.39 is 0 Å². The van der Waals surface area contributed by atoms with Gasteiger partial charge in [0.25, 0.3) is 0 Å². The van der Waals surface area contributed by atoms with Gasteiger partial charge in [0.05, 0.1) is 0 Å². The number of urea groups is 1. The second-order valence-corrected chi connectivity index (χ2v) is 3.89. The van der Waals surface area contributed by atoms with E-state index in [2.05, 4.69) is 10.6 Å². The minimum atomic E-state index is -0.283. The van der Waals surface area contributed by atoms with Gasteiger partial charge in [-0.2, -0.15) is 0 Å². The Labute approximate surface area is 111 Å². The zero-order valence-electron chi connectivity index (χ0n) is 10.4. The van der Waals surface area contributed by atoms with Crippen molar-refractivity contribution in [3.8, 4) is 0 Å². The summed E-state index contributed by atoms with van der Waals surface area (Å²) in [5.41, 5.74) is 1.29. The summed E-state index contributed by atoms with van der Waals surface area (Å²) < 4.78 is 0. The fourth-order valence-electron chi connectivity index (χ4n) is 1.37. The molecule has 18 heavy (non-hydrogen) atoms. The van der Waals surface area contributed by atoms with Crippen molar-refractivity contribution in [2.24, 2.45) is 0 Å². The zero-order valence-corrected chi connectivity index (χ0v) is 11.1. The maximum absolute atomic E-state index is 11.6. The molecule has 0 aliphatic carbocycles. The third-order valence-electron chi connectivity index (χ3n) is 2.27. The van der Waals surface area contributed by atoms with Crippen molar-refractivity contribution in [1.29, 1.82) is 0 Å². The number of hydrogen-bond donors (Lipinski definition) is 2. The third-order valence-corrected chi connectivity index (χ3v) is 2.51. The van der Waals surface area contributed by atoms with Crippen LogP contribution < -0.4 is 15.5 Å². The van der Waals surface area contributed by atoms with E-state index in [0.717, 1.165) is 0 Å². The summed E-state index contributed by atoms with van der Waals surface area (Å²) in [5.74, 6) is -0.384. The first-order valence-electron chi connectivity index (χ1n) is 5.56. The molecule has 0 bridgehead atoms. The molecule has 0 saturated heterocycles. The minimum Gasteiger partial charge on any atom is -0.338 e. The molecule has 98 valence electrons. The van der Waals surface area contributed by atoms with Crippen LogP contribution >= 0.6 is 11.6 Å². The molecule has 0 saturated carbocycles. The summed E-state index contributed by atoms with van der Waals surface area (Å²) in [7, 11) is 1.66. The lowest BCUT2D eigenvalue weighted by atomic mass is 10.2. The summed E-state index contributed by atoms with van der Waals surface area (Å²) >= 11 is 5.41. The Balaban J connectivity index is 2.81. The molecule has 0 unspecified atom stereocenters. The Morgan fingerprint density at radius 1 is 1.39 bits per heavy atom. The van der Waals surface area contributed by atoms with E-state index in [1.54, 1.807) is 31.3 Å². The van der Waals surface area contributed by atoms with Gasteiger partial charge in [0.2, 0.25) is 5.91 Å². The summed E-state index contributed by atoms with van der Waals surface area (Å²) in [6.07, 6.45) is 0. The molecule has 1 aromatic carbocycles. The number of halogens is 1. The summed E-state index contributed by atoms with van der Waals surface area (Å²) in [4.78, 5) is 24.3. The number of rotatable bonds is 4. The predicted molar refractivity (Wildman–Crippen MR) is 73.3 cm³/mol. The number of nitrogens with one attached hydrogen (secondary N) is 2. The van der Waals surface area contributed by atoms with Gasteiger partial charge in [0.1, 0.15) is 5.88 Å². The first-order valence-corrected chi connectivity index (χ1v) is 6.09. The largest absolute Gasteiger partial charge is 0.338 e. The van der Waals surface area contributed by atoms with Crippen LogP contribution in [0.3, 0.4) is 0 Å². The second-order valence-electron chi connectivity index (χ2n) is 3.63. The Morgan fingerprint density at radius 2 is 2.11 bits per heavy atom. The van der Waals surface area contributed by atoms with Crippen molar-refractivity contribution in [2.75, 3.05) is 29.7 Å². The van der Waals surface area contributed by atoms with Crippen LogP contribution in [0.15, 0.2) is 24.3 Å². The standard InChI is InChI=1S/C12H16ClN3O2/c1-3-14-12(18)16(2)10-6-4-5-9(7-10)15-11(17)8-13/h4-7H,3,8H2,1-2H3,(H,14,18)(H,15,17). The van der Waals surface area contributed by atoms with Crippen molar-refractivity contribution in [3.05, 3.63) is 24.3 Å². The van der Waals surface area contributed by atoms with Gasteiger partial charge in [-0.1, -0.05) is 6.07 Å². The average molecular weight is 270 g/mol.